The van der Waals surface area contributed by atoms with Gasteiger partial charge in [0.2, 0.25) is 0 Å². The molecule has 3 rings (SSSR count). The average Bonchev–Trinajstić information content (AvgIpc) is 3.00. The molecule has 0 bridgehead atoms. The van der Waals surface area contributed by atoms with Crippen LogP contribution in [0, 0.1) is 13.8 Å². The van der Waals surface area contributed by atoms with Crippen LogP contribution in [0.1, 0.15) is 11.4 Å². The molecule has 3 heterocycles. The minimum Gasteiger partial charge on any atom is -0.295 e. The number of halogens is 1. The molecule has 3 aromatic rings. The number of hydrogen-bond acceptors (Lipinski definition) is 6. The van der Waals surface area contributed by atoms with Gasteiger partial charge < -0.3 is 0 Å². The summed E-state index contributed by atoms with van der Waals surface area (Å²) in [6.45, 7) is 3.70. The third-order valence-electron chi connectivity index (χ3n) is 3.41. The Labute approximate surface area is 146 Å². The van der Waals surface area contributed by atoms with Crippen molar-refractivity contribution in [3.8, 4) is 0 Å². The Morgan fingerprint density at radius 3 is 2.79 bits per heavy atom. The van der Waals surface area contributed by atoms with Crippen LogP contribution in [0.15, 0.2) is 27.5 Å². The number of sulfonamides is 1. The van der Waals surface area contributed by atoms with Crippen LogP contribution < -0.4 is 10.4 Å². The van der Waals surface area contributed by atoms with Gasteiger partial charge >= 0.3 is 5.69 Å². The Kier molecular flexibility index (Phi) is 4.47. The van der Waals surface area contributed by atoms with E-state index in [1.807, 2.05) is 0 Å². The number of imidazole rings is 1. The monoisotopic (exact) mass is 387 g/mol. The van der Waals surface area contributed by atoms with Crippen LogP contribution in [0.4, 0.5) is 0 Å². The van der Waals surface area contributed by atoms with E-state index in [9.17, 15) is 13.2 Å². The van der Waals surface area contributed by atoms with E-state index >= 15 is 0 Å². The fraction of sp³-hybridized carbons (Fsp3) is 0.308. The van der Waals surface area contributed by atoms with E-state index < -0.39 is 15.7 Å². The fourth-order valence-electron chi connectivity index (χ4n) is 2.39. The molecule has 8 nitrogen and oxygen atoms in total. The summed E-state index contributed by atoms with van der Waals surface area (Å²) < 4.78 is 30.2. The zero-order valence-electron chi connectivity index (χ0n) is 12.9. The highest BCUT2D eigenvalue weighted by atomic mass is 35.5. The van der Waals surface area contributed by atoms with Gasteiger partial charge in [0.25, 0.3) is 10.0 Å². The van der Waals surface area contributed by atoms with E-state index in [2.05, 4.69) is 14.7 Å². The molecule has 128 valence electrons. The lowest BCUT2D eigenvalue weighted by atomic mass is 10.3. The van der Waals surface area contributed by atoms with Crippen LogP contribution in [0.5, 0.6) is 0 Å². The van der Waals surface area contributed by atoms with E-state index in [1.54, 1.807) is 31.5 Å². The largest absolute Gasteiger partial charge is 0.348 e. The first-order chi connectivity index (χ1) is 11.3. The summed E-state index contributed by atoms with van der Waals surface area (Å²) in [5, 5.41) is 1.53. The summed E-state index contributed by atoms with van der Waals surface area (Å²) in [6, 6.07) is 1.76. The molecule has 0 saturated carbocycles. The molecule has 0 radical (unpaired) electrons. The second-order valence-corrected chi connectivity index (χ2v) is 8.05. The molecular weight excluding hydrogens is 374 g/mol. The van der Waals surface area contributed by atoms with Crippen molar-refractivity contribution in [1.29, 1.82) is 0 Å². The fourth-order valence-corrected chi connectivity index (χ4v) is 4.85. The van der Waals surface area contributed by atoms with E-state index in [0.29, 0.717) is 16.3 Å². The van der Waals surface area contributed by atoms with Crippen molar-refractivity contribution in [2.24, 2.45) is 0 Å². The molecular formula is C13H14ClN5O3S2. The van der Waals surface area contributed by atoms with Gasteiger partial charge in [-0.3, -0.25) is 8.97 Å². The van der Waals surface area contributed by atoms with Crippen molar-refractivity contribution >= 4 is 37.9 Å². The van der Waals surface area contributed by atoms with Crippen LogP contribution in [0.2, 0.25) is 5.15 Å². The molecule has 3 aromatic heterocycles. The van der Waals surface area contributed by atoms with Crippen LogP contribution in [0.25, 0.3) is 4.96 Å². The molecule has 0 fully saturated rings. The van der Waals surface area contributed by atoms with Gasteiger partial charge in [0.15, 0.2) is 15.1 Å². The molecule has 0 aliphatic heterocycles. The first-order valence-electron chi connectivity index (χ1n) is 6.95. The maximum absolute atomic E-state index is 12.5. The molecule has 0 aromatic carbocycles. The molecule has 24 heavy (non-hydrogen) atoms. The highest BCUT2D eigenvalue weighted by Gasteiger charge is 2.24. The number of thiazole rings is 1. The molecule has 0 atom stereocenters. The zero-order valence-corrected chi connectivity index (χ0v) is 15.2. The topological polar surface area (TPSA) is 98.4 Å². The van der Waals surface area contributed by atoms with Crippen LogP contribution in [-0.4, -0.2) is 33.9 Å². The van der Waals surface area contributed by atoms with Crippen molar-refractivity contribution in [3.05, 3.63) is 44.7 Å². The van der Waals surface area contributed by atoms with Gasteiger partial charge in [-0.15, -0.1) is 11.3 Å². The van der Waals surface area contributed by atoms with Crippen molar-refractivity contribution in [3.63, 3.8) is 0 Å². The lowest BCUT2D eigenvalue weighted by Gasteiger charge is -2.10. The number of aromatic nitrogens is 4. The van der Waals surface area contributed by atoms with Gasteiger partial charge in [-0.25, -0.2) is 22.9 Å². The first-order valence-corrected chi connectivity index (χ1v) is 9.69. The number of rotatable bonds is 5. The summed E-state index contributed by atoms with van der Waals surface area (Å²) >= 11 is 7.23. The Morgan fingerprint density at radius 2 is 2.08 bits per heavy atom. The highest BCUT2D eigenvalue weighted by molar-refractivity contribution is 7.89. The van der Waals surface area contributed by atoms with Crippen LogP contribution in [-0.2, 0) is 16.6 Å². The van der Waals surface area contributed by atoms with Crippen molar-refractivity contribution < 1.29 is 8.42 Å². The molecule has 0 spiro atoms. The quantitative estimate of drug-likeness (QED) is 0.709. The molecule has 0 aliphatic carbocycles. The Bertz CT molecular complexity index is 1070. The standard InChI is InChI=1S/C13H14ClN5O3S2/c1-8-7-9(2)18(12(20)16-8)4-3-15-24(21,22)11-10(14)17-13-19(11)5-6-23-13/h5-7,15H,3-4H2,1-2H3. The Hall–Kier alpha value is -1.75. The molecule has 0 saturated heterocycles. The van der Waals surface area contributed by atoms with E-state index in [0.717, 1.165) is 0 Å². The van der Waals surface area contributed by atoms with Crippen molar-refractivity contribution in [2.75, 3.05) is 6.54 Å². The van der Waals surface area contributed by atoms with Gasteiger partial charge in [-0.1, -0.05) is 11.6 Å². The van der Waals surface area contributed by atoms with E-state index in [4.69, 9.17) is 11.6 Å². The Morgan fingerprint density at radius 1 is 1.33 bits per heavy atom. The number of fused-ring (bicyclic) bond motifs is 1. The summed E-state index contributed by atoms with van der Waals surface area (Å²) in [7, 11) is -3.86. The molecule has 0 aliphatic rings. The minimum atomic E-state index is -3.86. The van der Waals surface area contributed by atoms with E-state index in [-0.39, 0.29) is 23.3 Å². The van der Waals surface area contributed by atoms with Gasteiger partial charge in [-0.2, -0.15) is 4.98 Å². The van der Waals surface area contributed by atoms with Gasteiger partial charge in [0.1, 0.15) is 0 Å². The SMILES string of the molecule is Cc1cc(C)n(CCNS(=O)(=O)c2c(Cl)nc3sccn23)c(=O)n1. The number of aryl methyl sites for hydroxylation is 2. The van der Waals surface area contributed by atoms with Gasteiger partial charge in [-0.05, 0) is 19.9 Å². The van der Waals surface area contributed by atoms with Gasteiger partial charge in [0, 0.05) is 36.1 Å². The van der Waals surface area contributed by atoms with E-state index in [1.165, 1.54) is 20.3 Å². The molecule has 1 N–H and O–H groups in total. The predicted molar refractivity (Wildman–Crippen MR) is 91.2 cm³/mol. The lowest BCUT2D eigenvalue weighted by molar-refractivity contribution is 0.560. The normalized spacial score (nSPS) is 12.1. The summed E-state index contributed by atoms with van der Waals surface area (Å²) in [4.78, 5) is 20.2. The number of hydrogen-bond donors (Lipinski definition) is 1. The smallest absolute Gasteiger partial charge is 0.295 e. The summed E-state index contributed by atoms with van der Waals surface area (Å²) in [5.41, 5.74) is 0.934. The molecule has 0 unspecified atom stereocenters. The maximum atomic E-state index is 12.5. The Balaban J connectivity index is 1.81. The second-order valence-electron chi connectivity index (χ2n) is 5.13. The summed E-state index contributed by atoms with van der Waals surface area (Å²) in [5.74, 6) is 0. The summed E-state index contributed by atoms with van der Waals surface area (Å²) in [6.07, 6.45) is 1.59. The lowest BCUT2D eigenvalue weighted by Crippen LogP contribution is -2.33. The number of nitrogens with one attached hydrogen (secondary N) is 1. The third kappa shape index (κ3) is 3.09. The second kappa shape index (κ2) is 6.28. The first kappa shape index (κ1) is 17.1. The average molecular weight is 388 g/mol. The van der Waals surface area contributed by atoms with Crippen molar-refractivity contribution in [1.82, 2.24) is 23.7 Å². The van der Waals surface area contributed by atoms with Gasteiger partial charge in [0.05, 0.1) is 0 Å². The zero-order chi connectivity index (χ0) is 17.5. The number of nitrogens with zero attached hydrogens (tertiary/aromatic N) is 4. The van der Waals surface area contributed by atoms with Crippen LogP contribution >= 0.6 is 22.9 Å². The maximum Gasteiger partial charge on any atom is 0.348 e. The minimum absolute atomic E-state index is 0.0293. The molecule has 11 heteroatoms. The predicted octanol–water partition coefficient (Wildman–Crippen LogP) is 1.20. The molecule has 0 amide bonds. The van der Waals surface area contributed by atoms with Crippen LogP contribution in [0.3, 0.4) is 0 Å². The van der Waals surface area contributed by atoms with Crippen molar-refractivity contribution in [2.45, 2.75) is 25.4 Å². The third-order valence-corrected chi connectivity index (χ3v) is 6.02. The highest BCUT2D eigenvalue weighted by Crippen LogP contribution is 2.25.